The molecule has 7 nitrogen and oxygen atoms in total. The summed E-state index contributed by atoms with van der Waals surface area (Å²) in [5, 5.41) is 4.59. The number of thiazole rings is 1. The Morgan fingerprint density at radius 3 is 2.74 bits per heavy atom. The maximum absolute atomic E-state index is 12.6. The molecule has 1 aliphatic heterocycles. The van der Waals surface area contributed by atoms with E-state index in [1.165, 1.54) is 5.56 Å². The number of halogens is 1. The van der Waals surface area contributed by atoms with E-state index in [9.17, 15) is 4.79 Å². The van der Waals surface area contributed by atoms with Gasteiger partial charge in [-0.25, -0.2) is 4.98 Å². The van der Waals surface area contributed by atoms with Crippen molar-refractivity contribution in [3.05, 3.63) is 69.2 Å². The van der Waals surface area contributed by atoms with Gasteiger partial charge in [-0.05, 0) is 48.7 Å². The number of hydrogen-bond acceptors (Lipinski definition) is 7. The summed E-state index contributed by atoms with van der Waals surface area (Å²) in [7, 11) is 3.32. The molecule has 0 radical (unpaired) electrons. The summed E-state index contributed by atoms with van der Waals surface area (Å²) in [4.78, 5) is 23.1. The normalized spacial score (nSPS) is 14.5. The van der Waals surface area contributed by atoms with Crippen molar-refractivity contribution in [3.63, 3.8) is 0 Å². The SMILES string of the molecule is COc1ccc(CN2CCCN(c3ncc(CNC(=O)c4cccc(Cl)c4C)s3)CC2)cc1OC. The van der Waals surface area contributed by atoms with Crippen LogP contribution in [-0.4, -0.2) is 56.2 Å². The Kier molecular flexibility index (Phi) is 8.49. The molecule has 9 heteroatoms. The summed E-state index contributed by atoms with van der Waals surface area (Å²) in [6, 6.07) is 11.5. The number of rotatable bonds is 8. The summed E-state index contributed by atoms with van der Waals surface area (Å²) in [5.41, 5.74) is 2.60. The van der Waals surface area contributed by atoms with Gasteiger partial charge in [0, 0.05) is 54.4 Å². The molecule has 0 spiro atoms. The van der Waals surface area contributed by atoms with Crippen LogP contribution >= 0.6 is 22.9 Å². The molecule has 0 unspecified atom stereocenters. The Bertz CT molecular complexity index is 1170. The zero-order chi connectivity index (χ0) is 24.8. The molecule has 4 rings (SSSR count). The van der Waals surface area contributed by atoms with Crippen LogP contribution < -0.4 is 19.7 Å². The zero-order valence-corrected chi connectivity index (χ0v) is 21.9. The molecule has 2 aromatic carbocycles. The first-order valence-electron chi connectivity index (χ1n) is 11.6. The highest BCUT2D eigenvalue weighted by molar-refractivity contribution is 7.15. The minimum atomic E-state index is -0.125. The van der Waals surface area contributed by atoms with E-state index >= 15 is 0 Å². The van der Waals surface area contributed by atoms with Gasteiger partial charge in [0.15, 0.2) is 16.6 Å². The largest absolute Gasteiger partial charge is 0.493 e. The summed E-state index contributed by atoms with van der Waals surface area (Å²) in [5.74, 6) is 1.38. The first-order valence-corrected chi connectivity index (χ1v) is 12.8. The van der Waals surface area contributed by atoms with E-state index in [0.717, 1.165) is 66.2 Å². The average molecular weight is 515 g/mol. The molecule has 35 heavy (non-hydrogen) atoms. The molecule has 1 aromatic heterocycles. The second-order valence-electron chi connectivity index (χ2n) is 8.51. The summed E-state index contributed by atoms with van der Waals surface area (Å²) < 4.78 is 10.8. The van der Waals surface area contributed by atoms with Gasteiger partial charge in [-0.1, -0.05) is 23.7 Å². The Balaban J connectivity index is 1.31. The van der Waals surface area contributed by atoms with Gasteiger partial charge in [-0.3, -0.25) is 9.69 Å². The van der Waals surface area contributed by atoms with E-state index in [2.05, 4.69) is 26.2 Å². The van der Waals surface area contributed by atoms with Crippen LogP contribution in [0.15, 0.2) is 42.6 Å². The topological polar surface area (TPSA) is 66.9 Å². The first kappa shape index (κ1) is 25.3. The number of nitrogens with one attached hydrogen (secondary N) is 1. The minimum absolute atomic E-state index is 0.125. The number of anilines is 1. The van der Waals surface area contributed by atoms with Gasteiger partial charge in [0.1, 0.15) is 0 Å². The Morgan fingerprint density at radius 2 is 1.94 bits per heavy atom. The van der Waals surface area contributed by atoms with Gasteiger partial charge < -0.3 is 19.7 Å². The molecule has 2 heterocycles. The van der Waals surface area contributed by atoms with Crippen LogP contribution in [0.3, 0.4) is 0 Å². The number of benzene rings is 2. The summed E-state index contributed by atoms with van der Waals surface area (Å²) in [6.07, 6.45) is 2.92. The highest BCUT2D eigenvalue weighted by Crippen LogP contribution is 2.29. The number of carbonyl (C=O) groups excluding carboxylic acids is 1. The molecular weight excluding hydrogens is 484 g/mol. The van der Waals surface area contributed by atoms with Crippen LogP contribution in [0.5, 0.6) is 11.5 Å². The minimum Gasteiger partial charge on any atom is -0.493 e. The third-order valence-corrected chi connectivity index (χ3v) is 7.66. The lowest BCUT2D eigenvalue weighted by atomic mass is 10.1. The van der Waals surface area contributed by atoms with Crippen molar-refractivity contribution in [1.29, 1.82) is 0 Å². The number of carbonyl (C=O) groups is 1. The van der Waals surface area contributed by atoms with Crippen LogP contribution in [-0.2, 0) is 13.1 Å². The average Bonchev–Trinajstić information content (AvgIpc) is 3.22. The number of methoxy groups -OCH3 is 2. The van der Waals surface area contributed by atoms with Crippen molar-refractivity contribution in [1.82, 2.24) is 15.2 Å². The maximum Gasteiger partial charge on any atom is 0.251 e. The highest BCUT2D eigenvalue weighted by atomic mass is 35.5. The van der Waals surface area contributed by atoms with Crippen molar-refractivity contribution in [2.24, 2.45) is 0 Å². The monoisotopic (exact) mass is 514 g/mol. The van der Waals surface area contributed by atoms with Gasteiger partial charge >= 0.3 is 0 Å². The predicted molar refractivity (Wildman–Crippen MR) is 141 cm³/mol. The predicted octanol–water partition coefficient (Wildman–Crippen LogP) is 4.76. The molecule has 0 bridgehead atoms. The van der Waals surface area contributed by atoms with Crippen LogP contribution in [0, 0.1) is 6.92 Å². The summed E-state index contributed by atoms with van der Waals surface area (Å²) in [6.45, 7) is 7.02. The molecule has 1 fully saturated rings. The molecule has 0 aliphatic carbocycles. The second kappa shape index (κ2) is 11.7. The van der Waals surface area contributed by atoms with E-state index in [-0.39, 0.29) is 5.91 Å². The van der Waals surface area contributed by atoms with Crippen LogP contribution in [0.4, 0.5) is 5.13 Å². The van der Waals surface area contributed by atoms with Crippen molar-refractivity contribution >= 4 is 34.0 Å². The van der Waals surface area contributed by atoms with E-state index < -0.39 is 0 Å². The molecule has 186 valence electrons. The van der Waals surface area contributed by atoms with Gasteiger partial charge in [-0.2, -0.15) is 0 Å². The third-order valence-electron chi connectivity index (χ3n) is 6.19. The molecule has 1 saturated heterocycles. The van der Waals surface area contributed by atoms with E-state index in [4.69, 9.17) is 21.1 Å². The fourth-order valence-electron chi connectivity index (χ4n) is 4.20. The van der Waals surface area contributed by atoms with Gasteiger partial charge in [0.05, 0.1) is 20.8 Å². The van der Waals surface area contributed by atoms with Gasteiger partial charge in [0.25, 0.3) is 5.91 Å². The zero-order valence-electron chi connectivity index (χ0n) is 20.3. The molecule has 0 saturated carbocycles. The Labute approximate surface area is 215 Å². The number of amides is 1. The van der Waals surface area contributed by atoms with E-state index in [1.54, 1.807) is 43.8 Å². The number of aromatic nitrogens is 1. The Hall–Kier alpha value is -2.81. The van der Waals surface area contributed by atoms with E-state index in [1.807, 2.05) is 25.3 Å². The first-order chi connectivity index (χ1) is 17.0. The second-order valence-corrected chi connectivity index (χ2v) is 10.0. The van der Waals surface area contributed by atoms with E-state index in [0.29, 0.717) is 17.1 Å². The van der Waals surface area contributed by atoms with Crippen molar-refractivity contribution in [3.8, 4) is 11.5 Å². The lowest BCUT2D eigenvalue weighted by Gasteiger charge is -2.22. The van der Waals surface area contributed by atoms with Gasteiger partial charge in [0.2, 0.25) is 0 Å². The van der Waals surface area contributed by atoms with Crippen LogP contribution in [0.25, 0.3) is 0 Å². The third kappa shape index (κ3) is 6.25. The van der Waals surface area contributed by atoms with Crippen molar-refractivity contribution in [2.45, 2.75) is 26.4 Å². The molecule has 1 N–H and O–H groups in total. The lowest BCUT2D eigenvalue weighted by Crippen LogP contribution is -2.30. The number of nitrogens with zero attached hydrogens (tertiary/aromatic N) is 3. The van der Waals surface area contributed by atoms with Crippen molar-refractivity contribution in [2.75, 3.05) is 45.3 Å². The molecule has 0 atom stereocenters. The quantitative estimate of drug-likeness (QED) is 0.467. The molecule has 3 aromatic rings. The lowest BCUT2D eigenvalue weighted by molar-refractivity contribution is 0.0950. The maximum atomic E-state index is 12.6. The fraction of sp³-hybridized carbons (Fsp3) is 0.385. The number of ether oxygens (including phenoxy) is 2. The Morgan fingerprint density at radius 1 is 1.11 bits per heavy atom. The molecule has 1 amide bonds. The standard InChI is InChI=1S/C26H31ClN4O3S/c1-18-21(6-4-7-22(18)27)25(32)28-15-20-16-29-26(35-20)31-11-5-10-30(12-13-31)17-19-8-9-23(33-2)24(14-19)34-3/h4,6-9,14,16H,5,10-13,15,17H2,1-3H3,(H,28,32). The molecule has 1 aliphatic rings. The smallest absolute Gasteiger partial charge is 0.251 e. The molecular formula is C26H31ClN4O3S. The highest BCUT2D eigenvalue weighted by Gasteiger charge is 2.19. The summed E-state index contributed by atoms with van der Waals surface area (Å²) >= 11 is 7.78. The van der Waals surface area contributed by atoms with Crippen LogP contribution in [0.1, 0.15) is 32.8 Å². The van der Waals surface area contributed by atoms with Gasteiger partial charge in [-0.15, -0.1) is 11.3 Å². The fourth-order valence-corrected chi connectivity index (χ4v) is 5.27. The number of hydrogen-bond donors (Lipinski definition) is 1. The van der Waals surface area contributed by atoms with Crippen LogP contribution in [0.2, 0.25) is 5.02 Å². The van der Waals surface area contributed by atoms with Crippen molar-refractivity contribution < 1.29 is 14.3 Å².